The van der Waals surface area contributed by atoms with Gasteiger partial charge < -0.3 is 14.9 Å². The zero-order valence-corrected chi connectivity index (χ0v) is 14.8. The molecule has 4 bridgehead atoms. The minimum Gasteiger partial charge on any atom is -0.481 e. The number of carboxylic acids is 1. The summed E-state index contributed by atoms with van der Waals surface area (Å²) in [6, 6.07) is 0. The number of carbonyl (C=O) groups excluding carboxylic acids is 1. The van der Waals surface area contributed by atoms with Crippen LogP contribution in [0.3, 0.4) is 0 Å². The number of fused-ring (bicyclic) bond motifs is 1. The molecule has 0 aromatic heterocycles. The van der Waals surface area contributed by atoms with Gasteiger partial charge in [0.2, 0.25) is 0 Å². The van der Waals surface area contributed by atoms with E-state index < -0.39 is 33.9 Å². The van der Waals surface area contributed by atoms with E-state index in [1.807, 2.05) is 19.1 Å². The average molecular weight is 346 g/mol. The van der Waals surface area contributed by atoms with Crippen LogP contribution in [0.15, 0.2) is 12.2 Å². The topological polar surface area (TPSA) is 83.8 Å². The Morgan fingerprint density at radius 1 is 1.44 bits per heavy atom. The van der Waals surface area contributed by atoms with Gasteiger partial charge in [0, 0.05) is 18.3 Å². The van der Waals surface area contributed by atoms with Gasteiger partial charge in [-0.3, -0.25) is 9.59 Å². The first kappa shape index (κ1) is 15.9. The van der Waals surface area contributed by atoms with Gasteiger partial charge in [-0.1, -0.05) is 25.5 Å². The Kier molecular flexibility index (Phi) is 2.73. The molecule has 136 valence electrons. The minimum absolute atomic E-state index is 0.0404. The predicted octanol–water partition coefficient (Wildman–Crippen LogP) is 2.53. The summed E-state index contributed by atoms with van der Waals surface area (Å²) in [5.74, 6) is -1.85. The normalized spacial score (nSPS) is 58.0. The van der Waals surface area contributed by atoms with E-state index >= 15 is 0 Å². The number of aliphatic carboxylic acids is 1. The zero-order chi connectivity index (χ0) is 17.8. The van der Waals surface area contributed by atoms with Crippen molar-refractivity contribution in [3.05, 3.63) is 12.2 Å². The van der Waals surface area contributed by atoms with Crippen molar-refractivity contribution < 1.29 is 24.5 Å². The van der Waals surface area contributed by atoms with Crippen LogP contribution < -0.4 is 0 Å². The van der Waals surface area contributed by atoms with Crippen LogP contribution in [0.2, 0.25) is 0 Å². The molecule has 0 amide bonds. The van der Waals surface area contributed by atoms with Gasteiger partial charge in [0.25, 0.3) is 0 Å². The van der Waals surface area contributed by atoms with Crippen molar-refractivity contribution in [2.45, 2.75) is 63.6 Å². The molecule has 0 radical (unpaired) electrons. The number of aliphatic hydroxyl groups is 1. The molecular weight excluding hydrogens is 320 g/mol. The summed E-state index contributed by atoms with van der Waals surface area (Å²) in [4.78, 5) is 25.2. The number of hydrogen-bond donors (Lipinski definition) is 2. The molecule has 1 aliphatic heterocycles. The molecule has 4 fully saturated rings. The van der Waals surface area contributed by atoms with Crippen molar-refractivity contribution in [2.75, 3.05) is 0 Å². The van der Waals surface area contributed by atoms with Crippen molar-refractivity contribution in [1.82, 2.24) is 0 Å². The number of esters is 1. The van der Waals surface area contributed by atoms with Gasteiger partial charge in [0.1, 0.15) is 5.60 Å². The second kappa shape index (κ2) is 4.30. The van der Waals surface area contributed by atoms with E-state index in [1.54, 1.807) is 0 Å². The summed E-state index contributed by atoms with van der Waals surface area (Å²) in [5.41, 5.74) is -2.73. The molecule has 8 atom stereocenters. The molecule has 1 heterocycles. The summed E-state index contributed by atoms with van der Waals surface area (Å²) in [5, 5.41) is 21.5. The highest BCUT2D eigenvalue weighted by atomic mass is 16.6. The molecule has 0 aromatic carbocycles. The van der Waals surface area contributed by atoms with E-state index in [2.05, 4.69) is 6.92 Å². The third-order valence-corrected chi connectivity index (χ3v) is 8.68. The molecule has 1 saturated heterocycles. The van der Waals surface area contributed by atoms with Crippen LogP contribution >= 0.6 is 0 Å². The molecule has 1 spiro atoms. The fourth-order valence-corrected chi connectivity index (χ4v) is 7.97. The van der Waals surface area contributed by atoms with Crippen LogP contribution in [0.25, 0.3) is 0 Å². The van der Waals surface area contributed by atoms with Gasteiger partial charge in [-0.15, -0.1) is 0 Å². The van der Waals surface area contributed by atoms with Crippen LogP contribution in [0.1, 0.15) is 52.4 Å². The summed E-state index contributed by atoms with van der Waals surface area (Å²) < 4.78 is 6.05. The maximum absolute atomic E-state index is 12.7. The molecule has 5 heteroatoms. The summed E-state index contributed by atoms with van der Waals surface area (Å²) in [6.45, 7) is 3.93. The lowest BCUT2D eigenvalue weighted by molar-refractivity contribution is -0.162. The summed E-state index contributed by atoms with van der Waals surface area (Å²) in [6.07, 6.45) is 8.12. The monoisotopic (exact) mass is 346 g/mol. The summed E-state index contributed by atoms with van der Waals surface area (Å²) in [7, 11) is 0. The van der Waals surface area contributed by atoms with Gasteiger partial charge in [-0.05, 0) is 43.9 Å². The lowest BCUT2D eigenvalue weighted by atomic mass is 9.62. The van der Waals surface area contributed by atoms with Crippen LogP contribution in [-0.4, -0.2) is 33.4 Å². The molecule has 5 rings (SSSR count). The van der Waals surface area contributed by atoms with Gasteiger partial charge in [-0.25, -0.2) is 0 Å². The number of rotatable bonds is 2. The first-order valence-corrected chi connectivity index (χ1v) is 9.60. The fraction of sp³-hybridized carbons (Fsp3) is 0.800. The SMILES string of the molecule is CC[C@@H]1C[C@]23C[C@@]1(O)CC[C@H]2C12CC=C[C@@](C)(C(=O)O1)[C@H]2[C@@H]3C(=O)O. The standard InChI is InChI=1S/C20H26O5/c1-3-11-9-18-10-19(11,24)8-5-12(18)20-7-4-6-17(2,16(23)25-20)14(20)13(18)15(21)22/h4,6,11-14,24H,3,5,7-10H2,1-2H3,(H,21,22)/t11-,12-,13-,14-,17-,18+,19+,20?/m1/s1. The minimum atomic E-state index is -0.851. The Labute approximate surface area is 147 Å². The van der Waals surface area contributed by atoms with Gasteiger partial charge in [0.15, 0.2) is 0 Å². The Morgan fingerprint density at radius 3 is 2.88 bits per heavy atom. The molecule has 25 heavy (non-hydrogen) atoms. The molecule has 1 unspecified atom stereocenters. The van der Waals surface area contributed by atoms with Crippen LogP contribution in [0.4, 0.5) is 0 Å². The lowest BCUT2D eigenvalue weighted by Gasteiger charge is -2.45. The van der Waals surface area contributed by atoms with E-state index in [4.69, 9.17) is 4.74 Å². The van der Waals surface area contributed by atoms with E-state index in [-0.39, 0.29) is 23.7 Å². The maximum atomic E-state index is 12.7. The number of ether oxygens (including phenoxy) is 1. The largest absolute Gasteiger partial charge is 0.481 e. The number of hydrogen-bond acceptors (Lipinski definition) is 4. The predicted molar refractivity (Wildman–Crippen MR) is 88.4 cm³/mol. The van der Waals surface area contributed by atoms with E-state index in [9.17, 15) is 19.8 Å². The van der Waals surface area contributed by atoms with Crippen LogP contribution in [0.5, 0.6) is 0 Å². The van der Waals surface area contributed by atoms with Crippen molar-refractivity contribution in [3.63, 3.8) is 0 Å². The lowest BCUT2D eigenvalue weighted by Crippen LogP contribution is -2.47. The fourth-order valence-electron chi connectivity index (χ4n) is 7.97. The quantitative estimate of drug-likeness (QED) is 0.593. The van der Waals surface area contributed by atoms with Gasteiger partial charge >= 0.3 is 11.9 Å². The Bertz CT molecular complexity index is 715. The third-order valence-electron chi connectivity index (χ3n) is 8.68. The second-order valence-corrected chi connectivity index (χ2v) is 9.44. The molecule has 5 nitrogen and oxygen atoms in total. The van der Waals surface area contributed by atoms with Crippen molar-refractivity contribution in [2.24, 2.45) is 34.5 Å². The number of carboxylic acid groups (broad SMARTS) is 1. The van der Waals surface area contributed by atoms with E-state index in [0.717, 1.165) is 19.3 Å². The molecular formula is C20H26O5. The Balaban J connectivity index is 1.73. The average Bonchev–Trinajstić information content (AvgIpc) is 2.96. The zero-order valence-electron chi connectivity index (χ0n) is 14.8. The van der Waals surface area contributed by atoms with E-state index in [0.29, 0.717) is 19.3 Å². The number of carbonyl (C=O) groups is 2. The first-order valence-electron chi connectivity index (χ1n) is 9.60. The second-order valence-electron chi connectivity index (χ2n) is 9.44. The highest BCUT2D eigenvalue weighted by Crippen LogP contribution is 2.77. The highest BCUT2D eigenvalue weighted by molar-refractivity contribution is 5.86. The summed E-state index contributed by atoms with van der Waals surface area (Å²) >= 11 is 0. The van der Waals surface area contributed by atoms with Crippen LogP contribution in [-0.2, 0) is 14.3 Å². The molecule has 0 aromatic rings. The maximum Gasteiger partial charge on any atom is 0.316 e. The molecule has 3 saturated carbocycles. The Morgan fingerprint density at radius 2 is 2.20 bits per heavy atom. The van der Waals surface area contributed by atoms with Crippen molar-refractivity contribution >= 4 is 11.9 Å². The third kappa shape index (κ3) is 1.48. The van der Waals surface area contributed by atoms with Gasteiger partial charge in [0.05, 0.1) is 16.9 Å². The highest BCUT2D eigenvalue weighted by Gasteiger charge is 2.82. The smallest absolute Gasteiger partial charge is 0.316 e. The Hall–Kier alpha value is -1.36. The molecule has 2 N–H and O–H groups in total. The molecule has 5 aliphatic rings. The first-order chi connectivity index (χ1) is 11.7. The van der Waals surface area contributed by atoms with E-state index in [1.165, 1.54) is 0 Å². The van der Waals surface area contributed by atoms with Crippen molar-refractivity contribution in [3.8, 4) is 0 Å². The van der Waals surface area contributed by atoms with Crippen LogP contribution in [0, 0.1) is 34.5 Å². The van der Waals surface area contributed by atoms with Gasteiger partial charge in [-0.2, -0.15) is 0 Å². The molecule has 4 aliphatic carbocycles. The van der Waals surface area contributed by atoms with Crippen molar-refractivity contribution in [1.29, 1.82) is 0 Å².